The number of benzene rings is 1. The largest absolute Gasteiger partial charge is 0.279 e. The Labute approximate surface area is 112 Å². The van der Waals surface area contributed by atoms with Gasteiger partial charge in [0.1, 0.15) is 5.82 Å². The number of nitrogens with one attached hydrogen (secondary N) is 1. The predicted molar refractivity (Wildman–Crippen MR) is 68.1 cm³/mol. The summed E-state index contributed by atoms with van der Waals surface area (Å²) in [6.45, 7) is 0. The minimum absolute atomic E-state index is 0.00124. The molecule has 1 aromatic heterocycles. The van der Waals surface area contributed by atoms with Gasteiger partial charge in [-0.15, -0.1) is 0 Å². The SMILES string of the molecule is Cn1nccc1S(=O)(=O)Nc1cc(F)ccc1Br. The van der Waals surface area contributed by atoms with Gasteiger partial charge in [0.2, 0.25) is 0 Å². The van der Waals surface area contributed by atoms with Crippen molar-refractivity contribution < 1.29 is 12.8 Å². The molecule has 0 amide bonds. The molecule has 0 saturated heterocycles. The molecule has 0 spiro atoms. The van der Waals surface area contributed by atoms with Crippen molar-refractivity contribution in [2.24, 2.45) is 7.05 Å². The fraction of sp³-hybridized carbons (Fsp3) is 0.100. The maximum Gasteiger partial charge on any atom is 0.279 e. The van der Waals surface area contributed by atoms with E-state index in [9.17, 15) is 12.8 Å². The van der Waals surface area contributed by atoms with Crippen LogP contribution in [0.15, 0.2) is 40.0 Å². The van der Waals surface area contributed by atoms with Crippen LogP contribution in [0.4, 0.5) is 10.1 Å². The van der Waals surface area contributed by atoms with Crippen LogP contribution in [0, 0.1) is 5.82 Å². The van der Waals surface area contributed by atoms with Crippen molar-refractivity contribution in [2.75, 3.05) is 4.72 Å². The monoisotopic (exact) mass is 333 g/mol. The predicted octanol–water partition coefficient (Wildman–Crippen LogP) is 2.12. The molecule has 0 saturated carbocycles. The number of nitrogens with zero attached hydrogens (tertiary/aromatic N) is 2. The van der Waals surface area contributed by atoms with Gasteiger partial charge in [-0.25, -0.2) is 4.39 Å². The lowest BCUT2D eigenvalue weighted by Crippen LogP contribution is -2.17. The number of sulfonamides is 1. The van der Waals surface area contributed by atoms with Gasteiger partial charge in [-0.2, -0.15) is 13.5 Å². The average molecular weight is 334 g/mol. The minimum Gasteiger partial charge on any atom is -0.277 e. The standard InChI is InChI=1S/C10H9BrFN3O2S/c1-15-10(4-5-13-15)18(16,17)14-9-6-7(12)2-3-8(9)11/h2-6,14H,1H3. The summed E-state index contributed by atoms with van der Waals surface area (Å²) in [5, 5.41) is 3.77. The molecule has 2 rings (SSSR count). The lowest BCUT2D eigenvalue weighted by atomic mass is 10.3. The number of anilines is 1. The summed E-state index contributed by atoms with van der Waals surface area (Å²) in [6.07, 6.45) is 1.37. The number of hydrogen-bond acceptors (Lipinski definition) is 3. The molecular weight excluding hydrogens is 325 g/mol. The maximum atomic E-state index is 13.1. The van der Waals surface area contributed by atoms with Crippen molar-refractivity contribution in [3.63, 3.8) is 0 Å². The van der Waals surface area contributed by atoms with Gasteiger partial charge in [0.25, 0.3) is 10.0 Å². The first kappa shape index (κ1) is 13.0. The van der Waals surface area contributed by atoms with Crippen molar-refractivity contribution in [2.45, 2.75) is 5.03 Å². The van der Waals surface area contributed by atoms with Gasteiger partial charge >= 0.3 is 0 Å². The molecule has 1 aromatic carbocycles. The zero-order valence-corrected chi connectivity index (χ0v) is 11.7. The van der Waals surface area contributed by atoms with E-state index in [1.807, 2.05) is 0 Å². The molecule has 0 bridgehead atoms. The molecule has 96 valence electrons. The van der Waals surface area contributed by atoms with Gasteiger partial charge in [0.05, 0.1) is 11.9 Å². The Morgan fingerprint density at radius 3 is 2.72 bits per heavy atom. The topological polar surface area (TPSA) is 64.0 Å². The zero-order valence-electron chi connectivity index (χ0n) is 9.26. The molecule has 2 aromatic rings. The molecule has 0 aliphatic heterocycles. The van der Waals surface area contributed by atoms with E-state index in [-0.39, 0.29) is 10.7 Å². The van der Waals surface area contributed by atoms with Gasteiger partial charge in [-0.05, 0) is 40.2 Å². The number of halogens is 2. The van der Waals surface area contributed by atoms with Crippen molar-refractivity contribution in [3.05, 3.63) is 40.8 Å². The van der Waals surface area contributed by atoms with E-state index in [0.29, 0.717) is 4.47 Å². The first-order valence-electron chi connectivity index (χ1n) is 4.86. The highest BCUT2D eigenvalue weighted by atomic mass is 79.9. The summed E-state index contributed by atoms with van der Waals surface area (Å²) in [5.41, 5.74) is 0.135. The summed E-state index contributed by atoms with van der Waals surface area (Å²) >= 11 is 3.15. The van der Waals surface area contributed by atoms with Gasteiger partial charge in [-0.3, -0.25) is 9.40 Å². The smallest absolute Gasteiger partial charge is 0.277 e. The summed E-state index contributed by atoms with van der Waals surface area (Å²) in [5.74, 6) is -0.527. The highest BCUT2D eigenvalue weighted by Gasteiger charge is 2.19. The second kappa shape index (κ2) is 4.69. The Morgan fingerprint density at radius 1 is 1.39 bits per heavy atom. The summed E-state index contributed by atoms with van der Waals surface area (Å²) in [4.78, 5) is 0. The molecule has 0 aliphatic rings. The molecule has 0 radical (unpaired) electrons. The lowest BCUT2D eigenvalue weighted by Gasteiger charge is -2.09. The molecular formula is C10H9BrFN3O2S. The van der Waals surface area contributed by atoms with Gasteiger partial charge in [0, 0.05) is 11.5 Å². The number of hydrogen-bond donors (Lipinski definition) is 1. The van der Waals surface area contributed by atoms with E-state index in [1.165, 1.54) is 36.1 Å². The van der Waals surface area contributed by atoms with Crippen LogP contribution in [0.25, 0.3) is 0 Å². The highest BCUT2D eigenvalue weighted by Crippen LogP contribution is 2.25. The Balaban J connectivity index is 2.40. The summed E-state index contributed by atoms with van der Waals surface area (Å²) in [6, 6.07) is 5.11. The second-order valence-corrected chi connectivity index (χ2v) is 6.01. The van der Waals surface area contributed by atoms with Crippen LogP contribution in [0.5, 0.6) is 0 Å². The van der Waals surface area contributed by atoms with E-state index in [4.69, 9.17) is 0 Å². The van der Waals surface area contributed by atoms with Crippen LogP contribution >= 0.6 is 15.9 Å². The molecule has 0 fully saturated rings. The quantitative estimate of drug-likeness (QED) is 0.935. The van der Waals surface area contributed by atoms with Crippen LogP contribution in [0.3, 0.4) is 0 Å². The van der Waals surface area contributed by atoms with Crippen LogP contribution in [0.2, 0.25) is 0 Å². The highest BCUT2D eigenvalue weighted by molar-refractivity contribution is 9.10. The number of rotatable bonds is 3. The van der Waals surface area contributed by atoms with Gasteiger partial charge in [-0.1, -0.05) is 0 Å². The molecule has 0 aliphatic carbocycles. The van der Waals surface area contributed by atoms with E-state index < -0.39 is 15.8 Å². The van der Waals surface area contributed by atoms with Crippen LogP contribution in [-0.2, 0) is 17.1 Å². The Bertz CT molecular complexity index is 684. The number of aromatic nitrogens is 2. The van der Waals surface area contributed by atoms with Crippen LogP contribution < -0.4 is 4.72 Å². The van der Waals surface area contributed by atoms with E-state index in [2.05, 4.69) is 25.8 Å². The third-order valence-electron chi connectivity index (χ3n) is 2.22. The molecule has 0 atom stereocenters. The molecule has 0 unspecified atom stereocenters. The fourth-order valence-electron chi connectivity index (χ4n) is 1.40. The molecule has 8 heteroatoms. The summed E-state index contributed by atoms with van der Waals surface area (Å²) < 4.78 is 41.1. The molecule has 5 nitrogen and oxygen atoms in total. The molecule has 1 heterocycles. The van der Waals surface area contributed by atoms with E-state index in [0.717, 1.165) is 6.07 Å². The van der Waals surface area contributed by atoms with Crippen molar-refractivity contribution in [3.8, 4) is 0 Å². The minimum atomic E-state index is -3.79. The van der Waals surface area contributed by atoms with Crippen molar-refractivity contribution in [1.29, 1.82) is 0 Å². The first-order chi connectivity index (χ1) is 8.40. The van der Waals surface area contributed by atoms with Crippen molar-refractivity contribution in [1.82, 2.24) is 9.78 Å². The average Bonchev–Trinajstić information content (AvgIpc) is 2.70. The first-order valence-corrected chi connectivity index (χ1v) is 7.13. The maximum absolute atomic E-state index is 13.1. The second-order valence-electron chi connectivity index (χ2n) is 3.52. The van der Waals surface area contributed by atoms with Gasteiger partial charge in [0.15, 0.2) is 5.03 Å². The molecule has 18 heavy (non-hydrogen) atoms. The Kier molecular flexibility index (Phi) is 3.40. The van der Waals surface area contributed by atoms with Crippen molar-refractivity contribution >= 4 is 31.6 Å². The van der Waals surface area contributed by atoms with Gasteiger partial charge < -0.3 is 0 Å². The van der Waals surface area contributed by atoms with E-state index >= 15 is 0 Å². The third-order valence-corrected chi connectivity index (χ3v) is 4.36. The zero-order chi connectivity index (χ0) is 13.3. The summed E-state index contributed by atoms with van der Waals surface area (Å²) in [7, 11) is -2.28. The Morgan fingerprint density at radius 2 is 2.11 bits per heavy atom. The van der Waals surface area contributed by atoms with E-state index in [1.54, 1.807) is 0 Å². The third kappa shape index (κ3) is 2.54. The Hall–Kier alpha value is -1.41. The fourth-order valence-corrected chi connectivity index (χ4v) is 3.07. The van der Waals surface area contributed by atoms with Crippen LogP contribution in [-0.4, -0.2) is 18.2 Å². The normalized spacial score (nSPS) is 11.5. The lowest BCUT2D eigenvalue weighted by molar-refractivity contribution is 0.582. The molecule has 1 N–H and O–H groups in total. The van der Waals surface area contributed by atoms with Crippen LogP contribution in [0.1, 0.15) is 0 Å². The number of aryl methyl sites for hydroxylation is 1.